The van der Waals surface area contributed by atoms with E-state index in [1.807, 2.05) is 0 Å². The third-order valence-corrected chi connectivity index (χ3v) is 2.93. The van der Waals surface area contributed by atoms with Crippen molar-refractivity contribution < 1.29 is 14.9 Å². The smallest absolute Gasteiger partial charge is 0.173 e. The lowest BCUT2D eigenvalue weighted by molar-refractivity contribution is -0.0810. The molecule has 0 amide bonds. The summed E-state index contributed by atoms with van der Waals surface area (Å²) in [6.45, 7) is 4.35. The van der Waals surface area contributed by atoms with Gasteiger partial charge in [0.25, 0.3) is 0 Å². The first-order valence-electron chi connectivity index (χ1n) is 5.29. The Morgan fingerprint density at radius 2 is 1.86 bits per heavy atom. The molecular formula is C11H20O3. The van der Waals surface area contributed by atoms with Gasteiger partial charge in [-0.25, -0.2) is 0 Å². The van der Waals surface area contributed by atoms with Gasteiger partial charge in [0.2, 0.25) is 0 Å². The van der Waals surface area contributed by atoms with Crippen molar-refractivity contribution in [2.24, 2.45) is 11.8 Å². The summed E-state index contributed by atoms with van der Waals surface area (Å²) < 4.78 is 5.17. The summed E-state index contributed by atoms with van der Waals surface area (Å²) in [4.78, 5) is 0. The third kappa shape index (κ3) is 3.78. The molecule has 0 aromatic carbocycles. The standard InChI is InChI=1S/C11H20O3/c1-2-11(13)14-8-10-5-3-9(7-12)4-6-10/h2,9-13H,1,3-8H2. The fourth-order valence-electron chi connectivity index (χ4n) is 1.88. The molecule has 1 fully saturated rings. The Balaban J connectivity index is 2.12. The molecule has 1 rings (SSSR count). The summed E-state index contributed by atoms with van der Waals surface area (Å²) in [5.74, 6) is 1.02. The summed E-state index contributed by atoms with van der Waals surface area (Å²) in [5.41, 5.74) is 0. The van der Waals surface area contributed by atoms with E-state index in [1.54, 1.807) is 0 Å². The average Bonchev–Trinajstić information content (AvgIpc) is 2.26. The lowest BCUT2D eigenvalue weighted by Gasteiger charge is -2.27. The Morgan fingerprint density at radius 1 is 1.29 bits per heavy atom. The monoisotopic (exact) mass is 200 g/mol. The van der Waals surface area contributed by atoms with Crippen molar-refractivity contribution in [2.75, 3.05) is 13.2 Å². The molecule has 14 heavy (non-hydrogen) atoms. The first-order valence-corrected chi connectivity index (χ1v) is 5.29. The maximum Gasteiger partial charge on any atom is 0.173 e. The summed E-state index contributed by atoms with van der Waals surface area (Å²) in [6.07, 6.45) is 4.90. The van der Waals surface area contributed by atoms with Gasteiger partial charge < -0.3 is 14.9 Å². The quantitative estimate of drug-likeness (QED) is 0.519. The van der Waals surface area contributed by atoms with E-state index in [0.29, 0.717) is 25.0 Å². The van der Waals surface area contributed by atoms with Gasteiger partial charge in [0.05, 0.1) is 6.61 Å². The summed E-state index contributed by atoms with van der Waals surface area (Å²) in [5, 5.41) is 18.1. The molecule has 1 atom stereocenters. The molecule has 0 saturated heterocycles. The van der Waals surface area contributed by atoms with E-state index >= 15 is 0 Å². The van der Waals surface area contributed by atoms with Crippen LogP contribution in [0.15, 0.2) is 12.7 Å². The zero-order chi connectivity index (χ0) is 10.4. The van der Waals surface area contributed by atoms with Crippen LogP contribution in [0.3, 0.4) is 0 Å². The van der Waals surface area contributed by atoms with Crippen LogP contribution in [0, 0.1) is 11.8 Å². The highest BCUT2D eigenvalue weighted by molar-refractivity contribution is 4.74. The number of ether oxygens (including phenoxy) is 1. The van der Waals surface area contributed by atoms with Crippen molar-refractivity contribution in [1.82, 2.24) is 0 Å². The van der Waals surface area contributed by atoms with Crippen molar-refractivity contribution in [1.29, 1.82) is 0 Å². The average molecular weight is 200 g/mol. The van der Waals surface area contributed by atoms with E-state index in [-0.39, 0.29) is 0 Å². The Bertz CT molecular complexity index is 162. The molecule has 0 radical (unpaired) electrons. The number of hydrogen-bond acceptors (Lipinski definition) is 3. The molecule has 1 unspecified atom stereocenters. The Labute approximate surface area is 85.4 Å². The predicted octanol–water partition coefficient (Wildman–Crippen LogP) is 1.31. The highest BCUT2D eigenvalue weighted by atomic mass is 16.6. The van der Waals surface area contributed by atoms with E-state index in [2.05, 4.69) is 6.58 Å². The SMILES string of the molecule is C=CC(O)OCC1CCC(CO)CC1. The third-order valence-electron chi connectivity index (χ3n) is 2.93. The molecule has 0 bridgehead atoms. The van der Waals surface area contributed by atoms with Crippen LogP contribution in [0.25, 0.3) is 0 Å². The van der Waals surface area contributed by atoms with Gasteiger partial charge in [-0.3, -0.25) is 0 Å². The second kappa shape index (κ2) is 6.17. The second-order valence-corrected chi connectivity index (χ2v) is 4.03. The molecule has 82 valence electrons. The lowest BCUT2D eigenvalue weighted by Crippen LogP contribution is -2.22. The zero-order valence-electron chi connectivity index (χ0n) is 8.56. The van der Waals surface area contributed by atoms with Crippen LogP contribution in [0.2, 0.25) is 0 Å². The van der Waals surface area contributed by atoms with E-state index in [1.165, 1.54) is 6.08 Å². The molecule has 0 aromatic heterocycles. The number of aliphatic hydroxyl groups excluding tert-OH is 2. The normalized spacial score (nSPS) is 29.9. The van der Waals surface area contributed by atoms with Crippen molar-refractivity contribution >= 4 is 0 Å². The van der Waals surface area contributed by atoms with Gasteiger partial charge in [-0.2, -0.15) is 0 Å². The van der Waals surface area contributed by atoms with Crippen molar-refractivity contribution in [2.45, 2.75) is 32.0 Å². The molecular weight excluding hydrogens is 180 g/mol. The van der Waals surface area contributed by atoms with Gasteiger partial charge in [0.15, 0.2) is 6.29 Å². The zero-order valence-corrected chi connectivity index (χ0v) is 8.56. The van der Waals surface area contributed by atoms with Gasteiger partial charge >= 0.3 is 0 Å². The second-order valence-electron chi connectivity index (χ2n) is 4.03. The Morgan fingerprint density at radius 3 is 2.36 bits per heavy atom. The van der Waals surface area contributed by atoms with Crippen LogP contribution in [-0.2, 0) is 4.74 Å². The highest BCUT2D eigenvalue weighted by Gasteiger charge is 2.20. The number of hydrogen-bond donors (Lipinski definition) is 2. The van der Waals surface area contributed by atoms with Gasteiger partial charge in [0, 0.05) is 6.61 Å². The van der Waals surface area contributed by atoms with Crippen LogP contribution < -0.4 is 0 Å². The molecule has 1 aliphatic rings. The topological polar surface area (TPSA) is 49.7 Å². The van der Waals surface area contributed by atoms with Gasteiger partial charge in [0.1, 0.15) is 0 Å². The van der Waals surface area contributed by atoms with Gasteiger partial charge in [-0.05, 0) is 43.6 Å². The highest BCUT2D eigenvalue weighted by Crippen LogP contribution is 2.28. The van der Waals surface area contributed by atoms with Gasteiger partial charge in [-0.15, -0.1) is 0 Å². The molecule has 1 aliphatic carbocycles. The Hall–Kier alpha value is -0.380. The van der Waals surface area contributed by atoms with E-state index < -0.39 is 6.29 Å². The van der Waals surface area contributed by atoms with Crippen molar-refractivity contribution in [3.63, 3.8) is 0 Å². The van der Waals surface area contributed by atoms with Crippen LogP contribution in [0.1, 0.15) is 25.7 Å². The fraction of sp³-hybridized carbons (Fsp3) is 0.818. The molecule has 3 heteroatoms. The molecule has 0 heterocycles. The maximum atomic E-state index is 9.11. The molecule has 0 aliphatic heterocycles. The van der Waals surface area contributed by atoms with Crippen LogP contribution in [0.5, 0.6) is 0 Å². The minimum Gasteiger partial charge on any atom is -0.396 e. The largest absolute Gasteiger partial charge is 0.396 e. The van der Waals surface area contributed by atoms with Crippen molar-refractivity contribution in [3.05, 3.63) is 12.7 Å². The predicted molar refractivity (Wildman–Crippen MR) is 54.7 cm³/mol. The molecule has 0 spiro atoms. The fourth-order valence-corrected chi connectivity index (χ4v) is 1.88. The molecule has 0 aromatic rings. The summed E-state index contributed by atoms with van der Waals surface area (Å²) >= 11 is 0. The minimum atomic E-state index is -0.828. The molecule has 3 nitrogen and oxygen atoms in total. The first-order chi connectivity index (χ1) is 6.76. The van der Waals surface area contributed by atoms with E-state index in [9.17, 15) is 0 Å². The first kappa shape index (κ1) is 11.7. The maximum absolute atomic E-state index is 9.11. The van der Waals surface area contributed by atoms with Gasteiger partial charge in [-0.1, -0.05) is 6.58 Å². The number of aliphatic hydroxyl groups is 2. The summed E-state index contributed by atoms with van der Waals surface area (Å²) in [6, 6.07) is 0. The number of rotatable bonds is 5. The lowest BCUT2D eigenvalue weighted by atomic mass is 9.83. The van der Waals surface area contributed by atoms with Crippen LogP contribution in [0.4, 0.5) is 0 Å². The summed E-state index contributed by atoms with van der Waals surface area (Å²) in [7, 11) is 0. The van der Waals surface area contributed by atoms with E-state index in [0.717, 1.165) is 25.7 Å². The molecule has 1 saturated carbocycles. The molecule has 2 N–H and O–H groups in total. The minimum absolute atomic E-state index is 0.308. The van der Waals surface area contributed by atoms with E-state index in [4.69, 9.17) is 14.9 Å². The van der Waals surface area contributed by atoms with Crippen LogP contribution in [-0.4, -0.2) is 29.7 Å². The Kier molecular flexibility index (Phi) is 5.15. The van der Waals surface area contributed by atoms with Crippen LogP contribution >= 0.6 is 0 Å². The van der Waals surface area contributed by atoms with Crippen molar-refractivity contribution in [3.8, 4) is 0 Å².